The molecule has 0 saturated carbocycles. The number of ether oxygens (including phenoxy) is 1. The second-order valence-corrected chi connectivity index (χ2v) is 5.27. The first-order chi connectivity index (χ1) is 9.47. The lowest BCUT2D eigenvalue weighted by atomic mass is 10.1. The van der Waals surface area contributed by atoms with Gasteiger partial charge in [0.05, 0.1) is 11.1 Å². The summed E-state index contributed by atoms with van der Waals surface area (Å²) in [4.78, 5) is 2.00. The molecular formula is C16H18ClNO2. The molecule has 106 valence electrons. The Labute approximate surface area is 124 Å². The first-order valence-corrected chi connectivity index (χ1v) is 6.78. The summed E-state index contributed by atoms with van der Waals surface area (Å²) < 4.78 is 5.79. The van der Waals surface area contributed by atoms with Gasteiger partial charge in [0.2, 0.25) is 0 Å². The molecule has 0 aliphatic heterocycles. The van der Waals surface area contributed by atoms with Crippen LogP contribution < -0.4 is 9.64 Å². The van der Waals surface area contributed by atoms with Crippen molar-refractivity contribution in [3.8, 4) is 11.5 Å². The maximum absolute atomic E-state index is 9.52. The van der Waals surface area contributed by atoms with Crippen LogP contribution in [0.5, 0.6) is 11.5 Å². The zero-order valence-corrected chi connectivity index (χ0v) is 12.6. The fourth-order valence-corrected chi connectivity index (χ4v) is 2.04. The molecule has 2 rings (SSSR count). The van der Waals surface area contributed by atoms with E-state index in [1.807, 2.05) is 49.3 Å². The summed E-state index contributed by atoms with van der Waals surface area (Å²) in [5.41, 5.74) is 1.82. The Morgan fingerprint density at radius 3 is 2.50 bits per heavy atom. The second-order valence-electron chi connectivity index (χ2n) is 4.86. The number of halogens is 1. The van der Waals surface area contributed by atoms with Crippen LogP contribution in [-0.4, -0.2) is 19.2 Å². The molecule has 3 nitrogen and oxygen atoms in total. The number of nitrogens with zero attached hydrogens (tertiary/aromatic N) is 1. The lowest BCUT2D eigenvalue weighted by molar-refractivity contribution is 0.199. The number of anilines is 1. The average Bonchev–Trinajstić information content (AvgIpc) is 2.41. The highest BCUT2D eigenvalue weighted by Gasteiger charge is 2.08. The number of aliphatic hydroxyl groups is 1. The van der Waals surface area contributed by atoms with Gasteiger partial charge in [-0.1, -0.05) is 23.7 Å². The van der Waals surface area contributed by atoms with Gasteiger partial charge in [-0.05, 0) is 36.8 Å². The van der Waals surface area contributed by atoms with E-state index < -0.39 is 6.10 Å². The molecule has 0 bridgehead atoms. The highest BCUT2D eigenvalue weighted by atomic mass is 35.5. The molecule has 0 aromatic heterocycles. The SMILES string of the molecule is CC(O)c1ccc(Oc2cccc(N(C)C)c2)c(Cl)c1. The summed E-state index contributed by atoms with van der Waals surface area (Å²) in [6, 6.07) is 13.1. The Balaban J connectivity index is 2.24. The number of hydrogen-bond donors (Lipinski definition) is 1. The van der Waals surface area contributed by atoms with Gasteiger partial charge >= 0.3 is 0 Å². The molecule has 0 fully saturated rings. The highest BCUT2D eigenvalue weighted by Crippen LogP contribution is 2.32. The lowest BCUT2D eigenvalue weighted by Crippen LogP contribution is -2.08. The molecule has 1 atom stereocenters. The van der Waals surface area contributed by atoms with Gasteiger partial charge in [-0.15, -0.1) is 0 Å². The Bertz CT molecular complexity index is 597. The maximum atomic E-state index is 9.52. The van der Waals surface area contributed by atoms with Gasteiger partial charge in [-0.3, -0.25) is 0 Å². The maximum Gasteiger partial charge on any atom is 0.146 e. The Morgan fingerprint density at radius 1 is 1.15 bits per heavy atom. The number of aliphatic hydroxyl groups excluding tert-OH is 1. The molecule has 1 N–H and O–H groups in total. The van der Waals surface area contributed by atoms with Crippen molar-refractivity contribution in [3.63, 3.8) is 0 Å². The molecule has 4 heteroatoms. The molecule has 0 heterocycles. The van der Waals surface area contributed by atoms with Crippen molar-refractivity contribution in [3.05, 3.63) is 53.1 Å². The van der Waals surface area contributed by atoms with Gasteiger partial charge in [-0.2, -0.15) is 0 Å². The van der Waals surface area contributed by atoms with Gasteiger partial charge in [0.25, 0.3) is 0 Å². The molecule has 0 spiro atoms. The minimum absolute atomic E-state index is 0.485. The van der Waals surface area contributed by atoms with Crippen molar-refractivity contribution in [2.24, 2.45) is 0 Å². The predicted molar refractivity (Wildman–Crippen MR) is 82.9 cm³/mol. The van der Waals surface area contributed by atoms with Gasteiger partial charge < -0.3 is 14.7 Å². The quantitative estimate of drug-likeness (QED) is 0.914. The van der Waals surface area contributed by atoms with Crippen LogP contribution in [0.25, 0.3) is 0 Å². The fraction of sp³-hybridized carbons (Fsp3) is 0.250. The molecule has 2 aromatic rings. The summed E-state index contributed by atoms with van der Waals surface area (Å²) in [6.45, 7) is 1.70. The van der Waals surface area contributed by atoms with E-state index in [1.54, 1.807) is 19.1 Å². The zero-order chi connectivity index (χ0) is 14.7. The minimum Gasteiger partial charge on any atom is -0.456 e. The molecule has 0 saturated heterocycles. The first kappa shape index (κ1) is 14.7. The van der Waals surface area contributed by atoms with Crippen LogP contribution in [0.1, 0.15) is 18.6 Å². The molecule has 0 amide bonds. The number of hydrogen-bond acceptors (Lipinski definition) is 3. The number of rotatable bonds is 4. The predicted octanol–water partition coefficient (Wildman–Crippen LogP) is 4.25. The summed E-state index contributed by atoms with van der Waals surface area (Å²) in [5, 5.41) is 10.0. The summed E-state index contributed by atoms with van der Waals surface area (Å²) in [7, 11) is 3.95. The van der Waals surface area contributed by atoms with E-state index >= 15 is 0 Å². The molecule has 0 radical (unpaired) electrons. The van der Waals surface area contributed by atoms with Crippen LogP contribution in [-0.2, 0) is 0 Å². The average molecular weight is 292 g/mol. The van der Waals surface area contributed by atoms with Gasteiger partial charge in [0.1, 0.15) is 11.5 Å². The first-order valence-electron chi connectivity index (χ1n) is 6.40. The van der Waals surface area contributed by atoms with Crippen LogP contribution >= 0.6 is 11.6 Å². The van der Waals surface area contributed by atoms with Crippen molar-refractivity contribution in [1.29, 1.82) is 0 Å². The van der Waals surface area contributed by atoms with Gasteiger partial charge in [-0.25, -0.2) is 0 Å². The molecule has 20 heavy (non-hydrogen) atoms. The molecule has 1 unspecified atom stereocenters. The molecular weight excluding hydrogens is 274 g/mol. The largest absolute Gasteiger partial charge is 0.456 e. The smallest absolute Gasteiger partial charge is 0.146 e. The van der Waals surface area contributed by atoms with E-state index in [2.05, 4.69) is 0 Å². The number of benzene rings is 2. The van der Waals surface area contributed by atoms with Gasteiger partial charge in [0.15, 0.2) is 0 Å². The third-order valence-corrected chi connectivity index (χ3v) is 3.30. The zero-order valence-electron chi connectivity index (χ0n) is 11.8. The van der Waals surface area contributed by atoms with Crippen LogP contribution in [0, 0.1) is 0 Å². The van der Waals surface area contributed by atoms with Crippen molar-refractivity contribution < 1.29 is 9.84 Å². The van der Waals surface area contributed by atoms with Gasteiger partial charge in [0, 0.05) is 25.8 Å². The molecule has 0 aliphatic carbocycles. The molecule has 2 aromatic carbocycles. The van der Waals surface area contributed by atoms with E-state index in [-0.39, 0.29) is 0 Å². The summed E-state index contributed by atoms with van der Waals surface area (Å²) in [5.74, 6) is 1.30. The Kier molecular flexibility index (Phi) is 4.53. The summed E-state index contributed by atoms with van der Waals surface area (Å²) >= 11 is 6.18. The Morgan fingerprint density at radius 2 is 1.90 bits per heavy atom. The Hall–Kier alpha value is -1.71. The third-order valence-electron chi connectivity index (χ3n) is 3.00. The summed E-state index contributed by atoms with van der Waals surface area (Å²) in [6.07, 6.45) is -0.543. The highest BCUT2D eigenvalue weighted by molar-refractivity contribution is 6.32. The normalized spacial score (nSPS) is 12.1. The topological polar surface area (TPSA) is 32.7 Å². The minimum atomic E-state index is -0.543. The van der Waals surface area contributed by atoms with Crippen LogP contribution in [0.2, 0.25) is 5.02 Å². The van der Waals surface area contributed by atoms with E-state index in [4.69, 9.17) is 16.3 Å². The molecule has 0 aliphatic rings. The van der Waals surface area contributed by atoms with Crippen molar-refractivity contribution >= 4 is 17.3 Å². The lowest BCUT2D eigenvalue weighted by Gasteiger charge is -2.15. The fourth-order valence-electron chi connectivity index (χ4n) is 1.81. The van der Waals surface area contributed by atoms with E-state index in [1.165, 1.54) is 0 Å². The monoisotopic (exact) mass is 291 g/mol. The standard InChI is InChI=1S/C16H18ClNO2/c1-11(19)12-7-8-16(15(17)9-12)20-14-6-4-5-13(10-14)18(2)3/h4-11,19H,1-3H3. The van der Waals surface area contributed by atoms with Crippen LogP contribution in [0.15, 0.2) is 42.5 Å². The second kappa shape index (κ2) is 6.16. The van der Waals surface area contributed by atoms with E-state index in [9.17, 15) is 5.11 Å². The van der Waals surface area contributed by atoms with Crippen LogP contribution in [0.4, 0.5) is 5.69 Å². The third kappa shape index (κ3) is 3.44. The van der Waals surface area contributed by atoms with Crippen molar-refractivity contribution in [2.45, 2.75) is 13.0 Å². The van der Waals surface area contributed by atoms with Crippen molar-refractivity contribution in [1.82, 2.24) is 0 Å². The van der Waals surface area contributed by atoms with Crippen LogP contribution in [0.3, 0.4) is 0 Å². The van der Waals surface area contributed by atoms with E-state index in [0.717, 1.165) is 17.0 Å². The van der Waals surface area contributed by atoms with Crippen molar-refractivity contribution in [2.75, 3.05) is 19.0 Å². The van der Waals surface area contributed by atoms with E-state index in [0.29, 0.717) is 10.8 Å².